The van der Waals surface area contributed by atoms with Gasteiger partial charge in [0, 0.05) is 5.69 Å². The first-order valence-corrected chi connectivity index (χ1v) is 10.8. The molecular weight excluding hydrogens is 406 g/mol. The third-order valence-corrected chi connectivity index (χ3v) is 6.60. The quantitative estimate of drug-likeness (QED) is 0.602. The number of hydrogen-bond acceptors (Lipinski definition) is 7. The van der Waals surface area contributed by atoms with Gasteiger partial charge in [-0.05, 0) is 43.2 Å². The van der Waals surface area contributed by atoms with E-state index in [1.807, 2.05) is 30.3 Å². The third-order valence-electron chi connectivity index (χ3n) is 4.64. The average Bonchev–Trinajstić information content (AvgIpc) is 3.16. The molecule has 0 spiro atoms. The first kappa shape index (κ1) is 19.4. The fourth-order valence-electron chi connectivity index (χ4n) is 2.98. The number of amides is 2. The number of anilines is 4. The molecule has 0 atom stereocenters. The summed E-state index contributed by atoms with van der Waals surface area (Å²) < 4.78 is 0.695. The van der Waals surface area contributed by atoms with Crippen molar-refractivity contribution in [3.05, 3.63) is 53.6 Å². The van der Waals surface area contributed by atoms with Crippen molar-refractivity contribution in [1.29, 1.82) is 0 Å². The molecule has 29 heavy (non-hydrogen) atoms. The lowest BCUT2D eigenvalue weighted by atomic mass is 10.1. The fourth-order valence-corrected chi connectivity index (χ4v) is 4.62. The molecule has 0 radical (unpaired) electrons. The zero-order chi connectivity index (χ0) is 20.4. The van der Waals surface area contributed by atoms with Crippen LogP contribution in [0.3, 0.4) is 0 Å². The van der Waals surface area contributed by atoms with Crippen LogP contribution in [0.4, 0.5) is 22.2 Å². The van der Waals surface area contributed by atoms with Crippen LogP contribution in [-0.2, 0) is 9.59 Å². The largest absolute Gasteiger partial charge is 0.330 e. The van der Waals surface area contributed by atoms with E-state index in [0.717, 1.165) is 11.3 Å². The van der Waals surface area contributed by atoms with Crippen molar-refractivity contribution in [2.75, 3.05) is 27.8 Å². The van der Waals surface area contributed by atoms with Gasteiger partial charge >= 0.3 is 0 Å². The zero-order valence-corrected chi connectivity index (χ0v) is 17.6. The van der Waals surface area contributed by atoms with Gasteiger partial charge in [-0.3, -0.25) is 9.59 Å². The first-order valence-electron chi connectivity index (χ1n) is 9.00. The maximum Gasteiger partial charge on any atom is 0.244 e. The molecule has 4 rings (SSSR count). The Kier molecular flexibility index (Phi) is 5.50. The summed E-state index contributed by atoms with van der Waals surface area (Å²) in [4.78, 5) is 26.1. The number of nitrogens with one attached hydrogen (secondary N) is 2. The molecule has 2 amide bonds. The molecule has 9 heteroatoms. The number of carbonyl (C=O) groups is 2. The SMILES string of the molecule is Cc1cccc(Nc2nnc(SCC(=O)N3CC(=O)Nc4ccccc43)s2)c1C. The van der Waals surface area contributed by atoms with E-state index in [1.54, 1.807) is 6.07 Å². The molecule has 1 aromatic heterocycles. The summed E-state index contributed by atoms with van der Waals surface area (Å²) in [7, 11) is 0. The van der Waals surface area contributed by atoms with E-state index >= 15 is 0 Å². The second-order valence-electron chi connectivity index (χ2n) is 6.58. The van der Waals surface area contributed by atoms with Crippen LogP contribution in [0.2, 0.25) is 0 Å². The van der Waals surface area contributed by atoms with Crippen LogP contribution in [0.5, 0.6) is 0 Å². The molecule has 148 valence electrons. The molecule has 1 aliphatic rings. The Labute approximate surface area is 176 Å². The minimum atomic E-state index is -0.196. The number of nitrogens with zero attached hydrogens (tertiary/aromatic N) is 3. The molecule has 2 heterocycles. The van der Waals surface area contributed by atoms with Crippen molar-refractivity contribution in [1.82, 2.24) is 10.2 Å². The summed E-state index contributed by atoms with van der Waals surface area (Å²) >= 11 is 2.72. The number of rotatable bonds is 5. The Morgan fingerprint density at radius 2 is 2.03 bits per heavy atom. The molecule has 0 unspecified atom stereocenters. The van der Waals surface area contributed by atoms with Crippen LogP contribution in [0.1, 0.15) is 11.1 Å². The van der Waals surface area contributed by atoms with Gasteiger partial charge in [0.1, 0.15) is 6.54 Å². The molecule has 1 aliphatic heterocycles. The number of aryl methyl sites for hydroxylation is 1. The van der Waals surface area contributed by atoms with Gasteiger partial charge in [0.2, 0.25) is 16.9 Å². The van der Waals surface area contributed by atoms with E-state index < -0.39 is 0 Å². The van der Waals surface area contributed by atoms with Gasteiger partial charge in [-0.2, -0.15) is 0 Å². The highest BCUT2D eigenvalue weighted by Crippen LogP contribution is 2.32. The number of aromatic nitrogens is 2. The van der Waals surface area contributed by atoms with Gasteiger partial charge in [-0.25, -0.2) is 0 Å². The van der Waals surface area contributed by atoms with Crippen molar-refractivity contribution in [3.8, 4) is 0 Å². The van der Waals surface area contributed by atoms with Crippen LogP contribution in [0.15, 0.2) is 46.8 Å². The van der Waals surface area contributed by atoms with Crippen LogP contribution in [0.25, 0.3) is 0 Å². The van der Waals surface area contributed by atoms with Crippen LogP contribution < -0.4 is 15.5 Å². The molecule has 0 fully saturated rings. The number of carbonyl (C=O) groups excluding carboxylic acids is 2. The summed E-state index contributed by atoms with van der Waals surface area (Å²) in [6.45, 7) is 4.14. The van der Waals surface area contributed by atoms with Crippen molar-refractivity contribution in [3.63, 3.8) is 0 Å². The minimum absolute atomic E-state index is 0.0198. The molecular formula is C20H19N5O2S2. The van der Waals surface area contributed by atoms with Gasteiger partial charge in [-0.1, -0.05) is 47.4 Å². The standard InChI is InChI=1S/C20H19N5O2S2/c1-12-6-5-8-14(13(12)2)22-19-23-24-20(29-19)28-11-18(27)25-10-17(26)21-15-7-3-4-9-16(15)25/h3-9H,10-11H2,1-2H3,(H,21,26)(H,22,23). The smallest absolute Gasteiger partial charge is 0.244 e. The Morgan fingerprint density at radius 3 is 2.90 bits per heavy atom. The third kappa shape index (κ3) is 4.25. The zero-order valence-electron chi connectivity index (χ0n) is 15.9. The first-order chi connectivity index (χ1) is 14.0. The normalized spacial score (nSPS) is 13.0. The second kappa shape index (κ2) is 8.22. The predicted octanol–water partition coefficient (Wildman–Crippen LogP) is 3.98. The summed E-state index contributed by atoms with van der Waals surface area (Å²) in [5, 5.41) is 15.1. The van der Waals surface area contributed by atoms with E-state index in [1.165, 1.54) is 33.6 Å². The lowest BCUT2D eigenvalue weighted by Gasteiger charge is -2.28. The molecule has 0 aliphatic carbocycles. The van der Waals surface area contributed by atoms with Crippen LogP contribution in [0, 0.1) is 13.8 Å². The van der Waals surface area contributed by atoms with E-state index in [4.69, 9.17) is 0 Å². The summed E-state index contributed by atoms with van der Waals surface area (Å²) in [6.07, 6.45) is 0. The van der Waals surface area contributed by atoms with Crippen molar-refractivity contribution >= 4 is 57.1 Å². The molecule has 0 saturated carbocycles. The van der Waals surface area contributed by atoms with E-state index in [0.29, 0.717) is 20.8 Å². The lowest BCUT2D eigenvalue weighted by Crippen LogP contribution is -2.43. The predicted molar refractivity (Wildman–Crippen MR) is 117 cm³/mol. The molecule has 2 aromatic carbocycles. The maximum absolute atomic E-state index is 12.7. The maximum atomic E-state index is 12.7. The van der Waals surface area contributed by atoms with E-state index in [2.05, 4.69) is 40.7 Å². The van der Waals surface area contributed by atoms with Crippen molar-refractivity contribution < 1.29 is 9.59 Å². The monoisotopic (exact) mass is 425 g/mol. The Morgan fingerprint density at radius 1 is 1.21 bits per heavy atom. The van der Waals surface area contributed by atoms with E-state index in [9.17, 15) is 9.59 Å². The van der Waals surface area contributed by atoms with Crippen LogP contribution >= 0.6 is 23.1 Å². The summed E-state index contributed by atoms with van der Waals surface area (Å²) in [6, 6.07) is 13.3. The highest BCUT2D eigenvalue weighted by molar-refractivity contribution is 8.01. The molecule has 7 nitrogen and oxygen atoms in total. The number of para-hydroxylation sites is 2. The molecule has 3 aromatic rings. The highest BCUT2D eigenvalue weighted by Gasteiger charge is 2.26. The van der Waals surface area contributed by atoms with Crippen molar-refractivity contribution in [2.24, 2.45) is 0 Å². The van der Waals surface area contributed by atoms with Crippen LogP contribution in [-0.4, -0.2) is 34.3 Å². The summed E-state index contributed by atoms with van der Waals surface area (Å²) in [5.41, 5.74) is 4.72. The summed E-state index contributed by atoms with van der Waals surface area (Å²) in [5.74, 6) is -0.158. The second-order valence-corrected chi connectivity index (χ2v) is 8.78. The molecule has 0 bridgehead atoms. The number of benzene rings is 2. The Hall–Kier alpha value is -2.91. The van der Waals surface area contributed by atoms with Crippen molar-refractivity contribution in [2.45, 2.75) is 18.2 Å². The van der Waals surface area contributed by atoms with E-state index in [-0.39, 0.29) is 24.1 Å². The number of hydrogen-bond donors (Lipinski definition) is 2. The molecule has 2 N–H and O–H groups in total. The Bertz CT molecular complexity index is 1080. The molecule has 0 saturated heterocycles. The number of fused-ring (bicyclic) bond motifs is 1. The average molecular weight is 426 g/mol. The number of thioether (sulfide) groups is 1. The fraction of sp³-hybridized carbons (Fsp3) is 0.200. The van der Waals surface area contributed by atoms with Gasteiger partial charge in [0.25, 0.3) is 0 Å². The lowest BCUT2D eigenvalue weighted by molar-refractivity contribution is -0.120. The highest BCUT2D eigenvalue weighted by atomic mass is 32.2. The minimum Gasteiger partial charge on any atom is -0.330 e. The van der Waals surface area contributed by atoms with Gasteiger partial charge in [-0.15, -0.1) is 10.2 Å². The van der Waals surface area contributed by atoms with Gasteiger partial charge in [0.15, 0.2) is 4.34 Å². The van der Waals surface area contributed by atoms with Gasteiger partial charge in [0.05, 0.1) is 17.1 Å². The topological polar surface area (TPSA) is 87.2 Å². The Balaban J connectivity index is 1.41. The van der Waals surface area contributed by atoms with Gasteiger partial charge < -0.3 is 15.5 Å².